The van der Waals surface area contributed by atoms with E-state index in [2.05, 4.69) is 0 Å². The van der Waals surface area contributed by atoms with E-state index < -0.39 is 5.97 Å². The Labute approximate surface area is 117 Å². The van der Waals surface area contributed by atoms with Crippen molar-refractivity contribution >= 4 is 11.9 Å². The molecule has 0 radical (unpaired) electrons. The van der Waals surface area contributed by atoms with E-state index in [1.165, 1.54) is 12.0 Å². The highest BCUT2D eigenvalue weighted by atomic mass is 16.5. The number of rotatable bonds is 8. The number of benzene rings is 1. The molecule has 20 heavy (non-hydrogen) atoms. The molecule has 0 aromatic heterocycles. The van der Waals surface area contributed by atoms with Crippen LogP contribution in [-0.2, 0) is 20.9 Å². The van der Waals surface area contributed by atoms with Gasteiger partial charge in [-0.2, -0.15) is 0 Å². The summed E-state index contributed by atoms with van der Waals surface area (Å²) in [5.74, 6) is -0.530. The Hall–Kier alpha value is -2.08. The van der Waals surface area contributed by atoms with Gasteiger partial charge in [-0.1, -0.05) is 18.2 Å². The number of methoxy groups -OCH3 is 2. The highest BCUT2D eigenvalue weighted by Gasteiger charge is 2.16. The van der Waals surface area contributed by atoms with Crippen molar-refractivity contribution in [3.63, 3.8) is 0 Å². The fourth-order valence-electron chi connectivity index (χ4n) is 1.78. The van der Waals surface area contributed by atoms with Gasteiger partial charge in [-0.05, 0) is 6.07 Å². The molecule has 0 unspecified atom stereocenters. The average molecular weight is 281 g/mol. The lowest BCUT2D eigenvalue weighted by Gasteiger charge is -2.22. The molecular weight excluding hydrogens is 262 g/mol. The minimum atomic E-state index is -0.944. The van der Waals surface area contributed by atoms with E-state index in [4.69, 9.17) is 14.6 Å². The number of carbonyl (C=O) groups is 2. The molecule has 0 aliphatic rings. The second-order valence-corrected chi connectivity index (χ2v) is 4.20. The topological polar surface area (TPSA) is 76.1 Å². The van der Waals surface area contributed by atoms with Crippen LogP contribution in [0.5, 0.6) is 5.75 Å². The molecular formula is C14H19NO5. The minimum Gasteiger partial charge on any atom is -0.496 e. The van der Waals surface area contributed by atoms with Crippen LogP contribution in [-0.4, -0.2) is 49.3 Å². The Kier molecular flexibility index (Phi) is 6.52. The normalized spacial score (nSPS) is 10.1. The molecule has 0 spiro atoms. The SMILES string of the molecule is COCC(=O)N(CCC(=O)O)Cc1ccccc1OC. The number of carboxylic acids is 1. The summed E-state index contributed by atoms with van der Waals surface area (Å²) >= 11 is 0. The van der Waals surface area contributed by atoms with E-state index in [1.807, 2.05) is 18.2 Å². The van der Waals surface area contributed by atoms with Crippen LogP contribution in [0.25, 0.3) is 0 Å². The molecule has 110 valence electrons. The van der Waals surface area contributed by atoms with Crippen molar-refractivity contribution < 1.29 is 24.2 Å². The van der Waals surface area contributed by atoms with Gasteiger partial charge in [-0.15, -0.1) is 0 Å². The summed E-state index contributed by atoms with van der Waals surface area (Å²) in [5.41, 5.74) is 0.824. The molecule has 1 amide bonds. The predicted octanol–water partition coefficient (Wildman–Crippen LogP) is 1.14. The first kappa shape index (κ1) is 16.0. The van der Waals surface area contributed by atoms with Crippen molar-refractivity contribution in [3.05, 3.63) is 29.8 Å². The van der Waals surface area contributed by atoms with Gasteiger partial charge in [0.2, 0.25) is 5.91 Å². The number of aliphatic carboxylic acids is 1. The zero-order valence-electron chi connectivity index (χ0n) is 11.7. The number of para-hydroxylation sites is 1. The van der Waals surface area contributed by atoms with E-state index in [9.17, 15) is 9.59 Å². The summed E-state index contributed by atoms with van der Waals surface area (Å²) in [6, 6.07) is 7.31. The van der Waals surface area contributed by atoms with E-state index in [0.717, 1.165) is 5.56 Å². The molecule has 6 nitrogen and oxygen atoms in total. The Balaban J connectivity index is 2.81. The largest absolute Gasteiger partial charge is 0.496 e. The van der Waals surface area contributed by atoms with Crippen LogP contribution in [0.15, 0.2) is 24.3 Å². The Morgan fingerprint density at radius 3 is 2.55 bits per heavy atom. The molecule has 0 aliphatic heterocycles. The smallest absolute Gasteiger partial charge is 0.305 e. The fraction of sp³-hybridized carbons (Fsp3) is 0.429. The second kappa shape index (κ2) is 8.16. The highest BCUT2D eigenvalue weighted by Crippen LogP contribution is 2.19. The quantitative estimate of drug-likeness (QED) is 0.773. The third kappa shape index (κ3) is 4.89. The van der Waals surface area contributed by atoms with Gasteiger partial charge >= 0.3 is 5.97 Å². The zero-order valence-corrected chi connectivity index (χ0v) is 11.7. The minimum absolute atomic E-state index is 0.0746. The molecule has 6 heteroatoms. The van der Waals surface area contributed by atoms with Gasteiger partial charge in [0.1, 0.15) is 12.4 Å². The van der Waals surface area contributed by atoms with E-state index in [-0.39, 0.29) is 25.5 Å². The van der Waals surface area contributed by atoms with Crippen LogP contribution in [0.3, 0.4) is 0 Å². The Bertz CT molecular complexity index is 461. The number of ether oxygens (including phenoxy) is 2. The van der Waals surface area contributed by atoms with Crippen molar-refractivity contribution in [1.82, 2.24) is 4.90 Å². The van der Waals surface area contributed by atoms with Gasteiger partial charge in [0.05, 0.1) is 13.5 Å². The van der Waals surface area contributed by atoms with Gasteiger partial charge in [-0.3, -0.25) is 9.59 Å². The first-order valence-electron chi connectivity index (χ1n) is 6.19. The van der Waals surface area contributed by atoms with Gasteiger partial charge in [0, 0.05) is 25.8 Å². The van der Waals surface area contributed by atoms with Gasteiger partial charge in [0.25, 0.3) is 0 Å². The lowest BCUT2D eigenvalue weighted by molar-refractivity contribution is -0.140. The van der Waals surface area contributed by atoms with Crippen molar-refractivity contribution in [1.29, 1.82) is 0 Å². The number of carboxylic acid groups (broad SMARTS) is 1. The molecule has 0 atom stereocenters. The predicted molar refractivity (Wildman–Crippen MR) is 72.5 cm³/mol. The van der Waals surface area contributed by atoms with Crippen molar-refractivity contribution in [2.75, 3.05) is 27.4 Å². The van der Waals surface area contributed by atoms with Crippen LogP contribution >= 0.6 is 0 Å². The zero-order chi connectivity index (χ0) is 15.0. The molecule has 0 aliphatic carbocycles. The van der Waals surface area contributed by atoms with E-state index in [1.54, 1.807) is 13.2 Å². The van der Waals surface area contributed by atoms with E-state index >= 15 is 0 Å². The van der Waals surface area contributed by atoms with Crippen LogP contribution in [0, 0.1) is 0 Å². The molecule has 0 heterocycles. The summed E-state index contributed by atoms with van der Waals surface area (Å²) in [6.07, 6.45) is -0.107. The summed E-state index contributed by atoms with van der Waals surface area (Å²) in [6.45, 7) is 0.351. The number of hydrogen-bond donors (Lipinski definition) is 1. The standard InChI is InChI=1S/C14H19NO5/c1-19-10-13(16)15(8-7-14(17)18)9-11-5-3-4-6-12(11)20-2/h3-6H,7-10H2,1-2H3,(H,17,18). The maximum atomic E-state index is 11.9. The molecule has 1 rings (SSSR count). The fourth-order valence-corrected chi connectivity index (χ4v) is 1.78. The van der Waals surface area contributed by atoms with Crippen LogP contribution in [0.1, 0.15) is 12.0 Å². The summed E-state index contributed by atoms with van der Waals surface area (Å²) < 4.78 is 10.0. The summed E-state index contributed by atoms with van der Waals surface area (Å²) in [7, 11) is 2.98. The molecule has 1 N–H and O–H groups in total. The molecule has 0 fully saturated rings. The third-order valence-corrected chi connectivity index (χ3v) is 2.77. The Morgan fingerprint density at radius 2 is 1.95 bits per heavy atom. The second-order valence-electron chi connectivity index (χ2n) is 4.20. The van der Waals surface area contributed by atoms with Crippen molar-refractivity contribution in [3.8, 4) is 5.75 Å². The molecule has 1 aromatic rings. The van der Waals surface area contributed by atoms with Crippen molar-refractivity contribution in [2.45, 2.75) is 13.0 Å². The van der Waals surface area contributed by atoms with Crippen molar-refractivity contribution in [2.24, 2.45) is 0 Å². The first-order valence-corrected chi connectivity index (χ1v) is 6.19. The van der Waals surface area contributed by atoms with Gasteiger partial charge < -0.3 is 19.5 Å². The monoisotopic (exact) mass is 281 g/mol. The first-order chi connectivity index (χ1) is 9.58. The number of carbonyl (C=O) groups excluding carboxylic acids is 1. The number of hydrogen-bond acceptors (Lipinski definition) is 4. The number of nitrogens with zero attached hydrogens (tertiary/aromatic N) is 1. The summed E-state index contributed by atoms with van der Waals surface area (Å²) in [5, 5.41) is 8.75. The van der Waals surface area contributed by atoms with Crippen LogP contribution in [0.2, 0.25) is 0 Å². The lowest BCUT2D eigenvalue weighted by Crippen LogP contribution is -2.35. The maximum absolute atomic E-state index is 11.9. The molecule has 0 bridgehead atoms. The highest BCUT2D eigenvalue weighted by molar-refractivity contribution is 5.78. The molecule has 1 aromatic carbocycles. The lowest BCUT2D eigenvalue weighted by atomic mass is 10.2. The van der Waals surface area contributed by atoms with Gasteiger partial charge in [-0.25, -0.2) is 0 Å². The molecule has 0 saturated carbocycles. The van der Waals surface area contributed by atoms with Gasteiger partial charge in [0.15, 0.2) is 0 Å². The summed E-state index contributed by atoms with van der Waals surface area (Å²) in [4.78, 5) is 24.0. The molecule has 0 saturated heterocycles. The van der Waals surface area contributed by atoms with E-state index in [0.29, 0.717) is 12.3 Å². The maximum Gasteiger partial charge on any atom is 0.305 e. The third-order valence-electron chi connectivity index (χ3n) is 2.77. The van der Waals surface area contributed by atoms with Crippen LogP contribution < -0.4 is 4.74 Å². The van der Waals surface area contributed by atoms with Crippen LogP contribution in [0.4, 0.5) is 0 Å². The average Bonchev–Trinajstić information content (AvgIpc) is 2.43. The Morgan fingerprint density at radius 1 is 1.25 bits per heavy atom. The number of amides is 1.